The van der Waals surface area contributed by atoms with Gasteiger partial charge in [-0.05, 0) is 37.3 Å². The molecule has 0 bridgehead atoms. The molecule has 2 saturated heterocycles. The van der Waals surface area contributed by atoms with Crippen LogP contribution in [0.15, 0.2) is 22.8 Å². The first-order valence-electron chi connectivity index (χ1n) is 10.2. The lowest BCUT2D eigenvalue weighted by Gasteiger charge is -2.41. The molecule has 3 heterocycles. The number of carbonyl (C=O) groups excluding carboxylic acids is 1. The minimum atomic E-state index is -0.733. The van der Waals surface area contributed by atoms with Gasteiger partial charge in [0, 0.05) is 30.7 Å². The van der Waals surface area contributed by atoms with Crippen molar-refractivity contribution in [3.63, 3.8) is 0 Å². The molecule has 28 heavy (non-hydrogen) atoms. The number of epoxide rings is 2. The first-order valence-corrected chi connectivity index (χ1v) is 10.2. The standard InChI is InChI=1S/C22H26O6/c1-9-7-21-19-20(5,27-19)17-15-10(2)8-25-14(15)6-13(24)11(3)16(17)22(21,28-21)18(9)26-12(4)23/h8-9,13,16-19,24H,3,6-7H2,1-2,4-5H3/t9-,13-,16+,17+,18-,19-,20-,21+,22+/m0/s1. The van der Waals surface area contributed by atoms with Gasteiger partial charge in [-0.2, -0.15) is 0 Å². The lowest BCUT2D eigenvalue weighted by atomic mass is 9.58. The van der Waals surface area contributed by atoms with E-state index in [0.29, 0.717) is 6.42 Å². The van der Waals surface area contributed by atoms with E-state index < -0.39 is 22.9 Å². The number of rotatable bonds is 1. The number of carbonyl (C=O) groups is 1. The van der Waals surface area contributed by atoms with E-state index in [-0.39, 0.29) is 35.9 Å². The third-order valence-corrected chi connectivity index (χ3v) is 8.12. The number of esters is 1. The zero-order valence-electron chi connectivity index (χ0n) is 16.7. The monoisotopic (exact) mass is 386 g/mol. The van der Waals surface area contributed by atoms with Gasteiger partial charge >= 0.3 is 5.97 Å². The maximum atomic E-state index is 11.9. The average Bonchev–Trinajstić information content (AvgIpc) is 3.43. The minimum Gasteiger partial charge on any atom is -0.469 e. The Bertz CT molecular complexity index is 933. The van der Waals surface area contributed by atoms with Gasteiger partial charge in [0.25, 0.3) is 0 Å². The van der Waals surface area contributed by atoms with Crippen LogP contribution in [0.3, 0.4) is 0 Å². The zero-order valence-corrected chi connectivity index (χ0v) is 16.7. The molecule has 1 N–H and O–H groups in total. The van der Waals surface area contributed by atoms with E-state index >= 15 is 0 Å². The predicted molar refractivity (Wildman–Crippen MR) is 97.7 cm³/mol. The molecule has 4 fully saturated rings. The summed E-state index contributed by atoms with van der Waals surface area (Å²) in [4.78, 5) is 11.9. The normalized spacial score (nSPS) is 52.5. The zero-order chi connectivity index (χ0) is 19.8. The van der Waals surface area contributed by atoms with Crippen molar-refractivity contribution in [3.8, 4) is 0 Å². The smallest absolute Gasteiger partial charge is 0.303 e. The SMILES string of the molecule is C=C1[C@@H]2[C@@H](c3c(C)coc3C[C@@H]1O)[C@]1(C)O[C@@H]1[C@]13C[C@H](C)[C@H](OC(C)=O)[C@]21O3. The third kappa shape index (κ3) is 1.63. The Morgan fingerprint density at radius 2 is 2.14 bits per heavy atom. The molecule has 1 aromatic heterocycles. The van der Waals surface area contributed by atoms with E-state index in [0.717, 1.165) is 28.9 Å². The van der Waals surface area contributed by atoms with Gasteiger partial charge in [0.1, 0.15) is 34.8 Å². The van der Waals surface area contributed by atoms with Crippen molar-refractivity contribution in [1.29, 1.82) is 0 Å². The number of aliphatic hydroxyl groups excluding tert-OH is 1. The van der Waals surface area contributed by atoms with Crippen LogP contribution in [0.5, 0.6) is 0 Å². The van der Waals surface area contributed by atoms with Crippen LogP contribution in [-0.2, 0) is 25.4 Å². The molecule has 0 radical (unpaired) electrons. The molecule has 2 aliphatic heterocycles. The van der Waals surface area contributed by atoms with Gasteiger partial charge < -0.3 is 23.7 Å². The summed E-state index contributed by atoms with van der Waals surface area (Å²) in [5.41, 5.74) is 1.35. The van der Waals surface area contributed by atoms with Crippen molar-refractivity contribution in [1.82, 2.24) is 0 Å². The summed E-state index contributed by atoms with van der Waals surface area (Å²) in [5, 5.41) is 11.0. The Morgan fingerprint density at radius 3 is 2.86 bits per heavy atom. The molecule has 0 aromatic carbocycles. The predicted octanol–water partition coefficient (Wildman–Crippen LogP) is 2.41. The molecule has 0 unspecified atom stereocenters. The van der Waals surface area contributed by atoms with Crippen LogP contribution in [0.4, 0.5) is 0 Å². The van der Waals surface area contributed by atoms with Gasteiger partial charge in [-0.15, -0.1) is 0 Å². The summed E-state index contributed by atoms with van der Waals surface area (Å²) in [6.45, 7) is 12.0. The number of aryl methyl sites for hydroxylation is 1. The number of fused-ring (bicyclic) bond motifs is 5. The summed E-state index contributed by atoms with van der Waals surface area (Å²) >= 11 is 0. The highest BCUT2D eigenvalue weighted by Crippen LogP contribution is 2.81. The fourth-order valence-electron chi connectivity index (χ4n) is 7.17. The van der Waals surface area contributed by atoms with E-state index in [1.807, 2.05) is 6.92 Å². The Morgan fingerprint density at radius 1 is 1.39 bits per heavy atom. The highest BCUT2D eigenvalue weighted by Gasteiger charge is 2.96. The van der Waals surface area contributed by atoms with Crippen LogP contribution < -0.4 is 0 Å². The number of aliphatic hydroxyl groups is 1. The van der Waals surface area contributed by atoms with Crippen molar-refractivity contribution in [2.45, 2.75) is 81.6 Å². The van der Waals surface area contributed by atoms with Crippen molar-refractivity contribution in [2.24, 2.45) is 11.8 Å². The van der Waals surface area contributed by atoms with Gasteiger partial charge in [0.15, 0.2) is 0 Å². The minimum absolute atomic E-state index is 0.0464. The molecule has 5 aliphatic rings. The van der Waals surface area contributed by atoms with Gasteiger partial charge in [-0.25, -0.2) is 0 Å². The van der Waals surface area contributed by atoms with Crippen molar-refractivity contribution < 1.29 is 28.5 Å². The summed E-state index contributed by atoms with van der Waals surface area (Å²) in [7, 11) is 0. The lowest BCUT2D eigenvalue weighted by Crippen LogP contribution is -2.54. The third-order valence-electron chi connectivity index (χ3n) is 8.12. The molecule has 0 amide bonds. The Labute approximate surface area is 163 Å². The molecule has 9 atom stereocenters. The Balaban J connectivity index is 1.59. The van der Waals surface area contributed by atoms with E-state index in [1.54, 1.807) is 6.26 Å². The number of hydrogen-bond donors (Lipinski definition) is 1. The molecule has 6 nitrogen and oxygen atoms in total. The quantitative estimate of drug-likeness (QED) is 0.453. The largest absolute Gasteiger partial charge is 0.469 e. The molecular weight excluding hydrogens is 360 g/mol. The molecule has 3 aliphatic carbocycles. The van der Waals surface area contributed by atoms with Crippen molar-refractivity contribution in [3.05, 3.63) is 35.3 Å². The number of hydrogen-bond acceptors (Lipinski definition) is 6. The topological polar surface area (TPSA) is 84.7 Å². The Hall–Kier alpha value is -1.63. The summed E-state index contributed by atoms with van der Waals surface area (Å²) in [6, 6.07) is 0. The molecule has 150 valence electrons. The maximum Gasteiger partial charge on any atom is 0.303 e. The first-order chi connectivity index (χ1) is 13.2. The summed E-state index contributed by atoms with van der Waals surface area (Å²) in [6.07, 6.45) is 1.79. The molecule has 0 spiro atoms. The highest BCUT2D eigenvalue weighted by molar-refractivity contribution is 5.67. The van der Waals surface area contributed by atoms with Gasteiger partial charge in [0.2, 0.25) is 0 Å². The molecule has 6 rings (SSSR count). The lowest BCUT2D eigenvalue weighted by molar-refractivity contribution is -0.154. The van der Waals surface area contributed by atoms with Crippen molar-refractivity contribution in [2.75, 3.05) is 0 Å². The van der Waals surface area contributed by atoms with Gasteiger partial charge in [0.05, 0.1) is 12.4 Å². The van der Waals surface area contributed by atoms with Crippen LogP contribution in [0.1, 0.15) is 50.0 Å². The highest BCUT2D eigenvalue weighted by atomic mass is 16.7. The average molecular weight is 386 g/mol. The van der Waals surface area contributed by atoms with E-state index in [4.69, 9.17) is 18.6 Å². The van der Waals surface area contributed by atoms with Crippen LogP contribution in [0.25, 0.3) is 0 Å². The van der Waals surface area contributed by atoms with E-state index in [9.17, 15) is 9.90 Å². The molecular formula is C22H26O6. The van der Waals surface area contributed by atoms with Crippen LogP contribution in [-0.4, -0.2) is 46.2 Å². The van der Waals surface area contributed by atoms with E-state index in [1.165, 1.54) is 6.92 Å². The second-order valence-electron chi connectivity index (χ2n) is 9.68. The second-order valence-corrected chi connectivity index (χ2v) is 9.68. The van der Waals surface area contributed by atoms with Gasteiger partial charge in [-0.3, -0.25) is 4.79 Å². The van der Waals surface area contributed by atoms with Crippen LogP contribution >= 0.6 is 0 Å². The number of ether oxygens (including phenoxy) is 3. The Kier molecular flexibility index (Phi) is 2.92. The molecule has 2 saturated carbocycles. The summed E-state index contributed by atoms with van der Waals surface area (Å²) in [5.74, 6) is 0.406. The number of furan rings is 1. The summed E-state index contributed by atoms with van der Waals surface area (Å²) < 4.78 is 24.6. The van der Waals surface area contributed by atoms with Crippen LogP contribution in [0, 0.1) is 18.8 Å². The maximum absolute atomic E-state index is 11.9. The molecule has 6 heteroatoms. The fourth-order valence-corrected chi connectivity index (χ4v) is 7.17. The molecule has 1 aromatic rings. The fraction of sp³-hybridized carbons (Fsp3) is 0.682. The van der Waals surface area contributed by atoms with E-state index in [2.05, 4.69) is 20.4 Å². The first kappa shape index (κ1) is 17.2. The second kappa shape index (κ2) is 4.74. The van der Waals surface area contributed by atoms with Gasteiger partial charge in [-0.1, -0.05) is 13.5 Å². The van der Waals surface area contributed by atoms with Crippen molar-refractivity contribution >= 4 is 5.97 Å². The van der Waals surface area contributed by atoms with Crippen LogP contribution in [0.2, 0.25) is 0 Å².